The SMILES string of the molecule is Cc1noc2ncnc(NCCc3cccc(C(N)=O)c3)c12. The third-order valence-electron chi connectivity index (χ3n) is 3.36. The second-order valence-electron chi connectivity index (χ2n) is 4.91. The van der Waals surface area contributed by atoms with E-state index < -0.39 is 5.91 Å². The fourth-order valence-corrected chi connectivity index (χ4v) is 2.26. The van der Waals surface area contributed by atoms with E-state index in [1.54, 1.807) is 12.1 Å². The molecule has 22 heavy (non-hydrogen) atoms. The van der Waals surface area contributed by atoms with Gasteiger partial charge in [-0.1, -0.05) is 17.3 Å². The molecule has 0 spiro atoms. The molecule has 0 radical (unpaired) electrons. The van der Waals surface area contributed by atoms with E-state index in [1.165, 1.54) is 6.33 Å². The summed E-state index contributed by atoms with van der Waals surface area (Å²) in [5.41, 5.74) is 8.02. The Morgan fingerprint density at radius 3 is 3.05 bits per heavy atom. The molecule has 0 saturated heterocycles. The Morgan fingerprint density at radius 2 is 2.23 bits per heavy atom. The number of aryl methyl sites for hydroxylation is 1. The van der Waals surface area contributed by atoms with Gasteiger partial charge in [0.2, 0.25) is 5.91 Å². The third-order valence-corrected chi connectivity index (χ3v) is 3.36. The summed E-state index contributed by atoms with van der Waals surface area (Å²) in [4.78, 5) is 19.4. The quantitative estimate of drug-likeness (QED) is 0.742. The van der Waals surface area contributed by atoms with Crippen molar-refractivity contribution in [2.75, 3.05) is 11.9 Å². The van der Waals surface area contributed by atoms with E-state index in [2.05, 4.69) is 20.4 Å². The van der Waals surface area contributed by atoms with Crippen LogP contribution in [0.4, 0.5) is 5.82 Å². The molecule has 0 saturated carbocycles. The average molecular weight is 297 g/mol. The van der Waals surface area contributed by atoms with Crippen LogP contribution in [0.2, 0.25) is 0 Å². The number of nitrogens with two attached hydrogens (primary N) is 1. The van der Waals surface area contributed by atoms with Gasteiger partial charge in [0.05, 0.1) is 5.69 Å². The van der Waals surface area contributed by atoms with E-state index in [4.69, 9.17) is 10.3 Å². The van der Waals surface area contributed by atoms with Crippen LogP contribution in [0.25, 0.3) is 11.1 Å². The largest absolute Gasteiger partial charge is 0.369 e. The molecule has 3 N–H and O–H groups in total. The molecule has 0 bridgehead atoms. The van der Waals surface area contributed by atoms with Crippen molar-refractivity contribution in [3.05, 3.63) is 47.4 Å². The molecule has 0 aliphatic carbocycles. The van der Waals surface area contributed by atoms with Crippen molar-refractivity contribution in [1.82, 2.24) is 15.1 Å². The predicted molar refractivity (Wildman–Crippen MR) is 81.5 cm³/mol. The lowest BCUT2D eigenvalue weighted by molar-refractivity contribution is 0.1000. The fourth-order valence-electron chi connectivity index (χ4n) is 2.26. The molecule has 112 valence electrons. The van der Waals surface area contributed by atoms with Crippen molar-refractivity contribution >= 4 is 22.8 Å². The monoisotopic (exact) mass is 297 g/mol. The number of rotatable bonds is 5. The Morgan fingerprint density at radius 1 is 1.36 bits per heavy atom. The highest BCUT2D eigenvalue weighted by Crippen LogP contribution is 2.22. The Kier molecular flexibility index (Phi) is 3.69. The number of primary amides is 1. The summed E-state index contributed by atoms with van der Waals surface area (Å²) in [6.07, 6.45) is 2.17. The Balaban J connectivity index is 1.71. The zero-order valence-electron chi connectivity index (χ0n) is 12.0. The van der Waals surface area contributed by atoms with Gasteiger partial charge in [0, 0.05) is 12.1 Å². The summed E-state index contributed by atoms with van der Waals surface area (Å²) in [7, 11) is 0. The molecule has 0 fully saturated rings. The normalized spacial score (nSPS) is 10.8. The first-order valence-electron chi connectivity index (χ1n) is 6.85. The van der Waals surface area contributed by atoms with Crippen LogP contribution in [-0.2, 0) is 6.42 Å². The summed E-state index contributed by atoms with van der Waals surface area (Å²) in [5.74, 6) is 0.266. The molecule has 0 atom stereocenters. The molecular formula is C15H15N5O2. The second-order valence-corrected chi connectivity index (χ2v) is 4.91. The highest BCUT2D eigenvalue weighted by Gasteiger charge is 2.11. The number of fused-ring (bicyclic) bond motifs is 1. The molecule has 3 aromatic rings. The maximum atomic E-state index is 11.2. The third kappa shape index (κ3) is 2.73. The average Bonchev–Trinajstić information content (AvgIpc) is 2.90. The van der Waals surface area contributed by atoms with E-state index >= 15 is 0 Å². The smallest absolute Gasteiger partial charge is 0.263 e. The van der Waals surface area contributed by atoms with Gasteiger partial charge in [-0.15, -0.1) is 0 Å². The summed E-state index contributed by atoms with van der Waals surface area (Å²) < 4.78 is 5.10. The van der Waals surface area contributed by atoms with Crippen LogP contribution in [-0.4, -0.2) is 27.6 Å². The van der Waals surface area contributed by atoms with Crippen molar-refractivity contribution in [1.29, 1.82) is 0 Å². The molecule has 1 aromatic carbocycles. The van der Waals surface area contributed by atoms with E-state index in [1.807, 2.05) is 19.1 Å². The first-order chi connectivity index (χ1) is 10.6. The minimum Gasteiger partial charge on any atom is -0.369 e. The number of amides is 1. The molecule has 2 aromatic heterocycles. The van der Waals surface area contributed by atoms with E-state index in [-0.39, 0.29) is 0 Å². The van der Waals surface area contributed by atoms with Gasteiger partial charge in [-0.05, 0) is 31.0 Å². The Hall–Kier alpha value is -2.96. The van der Waals surface area contributed by atoms with Crippen LogP contribution < -0.4 is 11.1 Å². The summed E-state index contributed by atoms with van der Waals surface area (Å²) in [6, 6.07) is 7.27. The highest BCUT2D eigenvalue weighted by molar-refractivity contribution is 5.92. The zero-order chi connectivity index (χ0) is 15.5. The number of benzene rings is 1. The van der Waals surface area contributed by atoms with Crippen molar-refractivity contribution in [3.63, 3.8) is 0 Å². The highest BCUT2D eigenvalue weighted by atomic mass is 16.5. The number of carbonyl (C=O) groups excluding carboxylic acids is 1. The lowest BCUT2D eigenvalue weighted by Gasteiger charge is -2.07. The first-order valence-corrected chi connectivity index (χ1v) is 6.85. The number of carbonyl (C=O) groups is 1. The topological polar surface area (TPSA) is 107 Å². The number of hydrogen-bond acceptors (Lipinski definition) is 6. The molecule has 3 rings (SSSR count). The van der Waals surface area contributed by atoms with Gasteiger partial charge in [-0.3, -0.25) is 4.79 Å². The molecule has 0 aliphatic rings. The first kappa shape index (κ1) is 14.0. The standard InChI is InChI=1S/C15H15N5O2/c1-9-12-14(18-8-19-15(12)22-20-9)17-6-5-10-3-2-4-11(7-10)13(16)21/h2-4,7-8H,5-6H2,1H3,(H2,16,21)(H,17,18,19). The minimum absolute atomic E-state index is 0.424. The minimum atomic E-state index is -0.424. The summed E-state index contributed by atoms with van der Waals surface area (Å²) in [5, 5.41) is 7.91. The number of aromatic nitrogens is 3. The Bertz CT molecular complexity index is 828. The van der Waals surface area contributed by atoms with Crippen molar-refractivity contribution in [3.8, 4) is 0 Å². The lowest BCUT2D eigenvalue weighted by atomic mass is 10.1. The molecule has 1 amide bonds. The van der Waals surface area contributed by atoms with Crippen LogP contribution in [0.5, 0.6) is 0 Å². The summed E-state index contributed by atoms with van der Waals surface area (Å²) in [6.45, 7) is 2.50. The maximum Gasteiger partial charge on any atom is 0.263 e. The summed E-state index contributed by atoms with van der Waals surface area (Å²) >= 11 is 0. The van der Waals surface area contributed by atoms with Crippen LogP contribution in [0.1, 0.15) is 21.6 Å². The lowest BCUT2D eigenvalue weighted by Crippen LogP contribution is -2.12. The van der Waals surface area contributed by atoms with E-state index in [0.29, 0.717) is 23.6 Å². The molecule has 7 heteroatoms. The van der Waals surface area contributed by atoms with Crippen LogP contribution >= 0.6 is 0 Å². The van der Waals surface area contributed by atoms with Gasteiger partial charge >= 0.3 is 0 Å². The van der Waals surface area contributed by atoms with Crippen LogP contribution in [0.3, 0.4) is 0 Å². The molecule has 0 aliphatic heterocycles. The van der Waals surface area contributed by atoms with Gasteiger partial charge in [0.15, 0.2) is 0 Å². The van der Waals surface area contributed by atoms with Gasteiger partial charge in [0.1, 0.15) is 17.5 Å². The fraction of sp³-hybridized carbons (Fsp3) is 0.200. The molecule has 2 heterocycles. The van der Waals surface area contributed by atoms with Crippen molar-refractivity contribution in [2.45, 2.75) is 13.3 Å². The second kappa shape index (κ2) is 5.80. The number of nitrogens with one attached hydrogen (secondary N) is 1. The zero-order valence-corrected chi connectivity index (χ0v) is 12.0. The molecular weight excluding hydrogens is 282 g/mol. The van der Waals surface area contributed by atoms with Gasteiger partial charge in [0.25, 0.3) is 5.71 Å². The molecule has 7 nitrogen and oxygen atoms in total. The maximum absolute atomic E-state index is 11.2. The number of anilines is 1. The number of hydrogen-bond donors (Lipinski definition) is 2. The predicted octanol–water partition coefficient (Wildman–Crippen LogP) is 1.68. The Labute approximate surface area is 126 Å². The van der Waals surface area contributed by atoms with Crippen LogP contribution in [0.15, 0.2) is 35.1 Å². The van der Waals surface area contributed by atoms with Crippen molar-refractivity contribution < 1.29 is 9.32 Å². The van der Waals surface area contributed by atoms with Crippen molar-refractivity contribution in [2.24, 2.45) is 5.73 Å². The molecule has 0 unspecified atom stereocenters. The van der Waals surface area contributed by atoms with E-state index in [9.17, 15) is 4.79 Å². The van der Waals surface area contributed by atoms with Gasteiger partial charge in [-0.2, -0.15) is 4.98 Å². The number of nitrogens with zero attached hydrogens (tertiary/aromatic N) is 3. The van der Waals surface area contributed by atoms with Gasteiger partial charge in [-0.25, -0.2) is 4.98 Å². The van der Waals surface area contributed by atoms with Crippen LogP contribution in [0, 0.1) is 6.92 Å². The van der Waals surface area contributed by atoms with Gasteiger partial charge < -0.3 is 15.6 Å². The van der Waals surface area contributed by atoms with E-state index in [0.717, 1.165) is 23.1 Å².